The first-order valence-corrected chi connectivity index (χ1v) is 5.07. The summed E-state index contributed by atoms with van der Waals surface area (Å²) in [5, 5.41) is 2.56. The topological polar surface area (TPSA) is 55.4 Å². The van der Waals surface area contributed by atoms with Crippen LogP contribution < -0.4 is 5.32 Å². The van der Waals surface area contributed by atoms with E-state index < -0.39 is 6.09 Å². The number of hydrogen-bond acceptors (Lipinski definition) is 3. The predicted octanol–water partition coefficient (Wildman–Crippen LogP) is 2.85. The smallest absolute Gasteiger partial charge is 0.411 e. The lowest BCUT2D eigenvalue weighted by Crippen LogP contribution is -2.18. The van der Waals surface area contributed by atoms with Crippen LogP contribution in [0, 0.1) is 0 Å². The van der Waals surface area contributed by atoms with Crippen LogP contribution in [0.5, 0.6) is 0 Å². The fraction of sp³-hybridized carbons (Fsp3) is 0.333. The maximum absolute atomic E-state index is 11.3. The molecule has 0 bridgehead atoms. The predicted molar refractivity (Wildman–Crippen MR) is 61.7 cm³/mol. The molecule has 4 nitrogen and oxygen atoms in total. The summed E-state index contributed by atoms with van der Waals surface area (Å²) in [6, 6.07) is 6.72. The Morgan fingerprint density at radius 1 is 1.31 bits per heavy atom. The third kappa shape index (κ3) is 3.73. The first kappa shape index (κ1) is 12.2. The highest BCUT2D eigenvalue weighted by Gasteiger charge is 2.06. The van der Waals surface area contributed by atoms with E-state index in [0.29, 0.717) is 11.3 Å². The lowest BCUT2D eigenvalue weighted by molar-refractivity contribution is 0.101. The van der Waals surface area contributed by atoms with E-state index in [-0.39, 0.29) is 11.9 Å². The van der Waals surface area contributed by atoms with Gasteiger partial charge in [0.25, 0.3) is 0 Å². The molecule has 0 unspecified atom stereocenters. The lowest BCUT2D eigenvalue weighted by Gasteiger charge is -2.09. The van der Waals surface area contributed by atoms with Crippen molar-refractivity contribution in [1.29, 1.82) is 0 Å². The molecule has 0 aliphatic rings. The first-order chi connectivity index (χ1) is 7.49. The lowest BCUT2D eigenvalue weighted by atomic mass is 10.1. The molecular weight excluding hydrogens is 206 g/mol. The summed E-state index contributed by atoms with van der Waals surface area (Å²) in [6.45, 7) is 5.02. The number of Topliss-reactive ketones (excluding diaryl/α,β-unsaturated/α-hetero) is 1. The molecule has 0 heterocycles. The molecule has 0 radical (unpaired) electrons. The van der Waals surface area contributed by atoms with Gasteiger partial charge >= 0.3 is 6.09 Å². The molecule has 16 heavy (non-hydrogen) atoms. The number of hydrogen-bond donors (Lipinski definition) is 1. The molecule has 1 aromatic rings. The standard InChI is InChI=1S/C12H15NO3/c1-8(2)16-12(15)13-11-6-4-5-10(7-11)9(3)14/h4-8H,1-3H3,(H,13,15). The SMILES string of the molecule is CC(=O)c1cccc(NC(=O)OC(C)C)c1. The van der Waals surface area contributed by atoms with Gasteiger partial charge in [-0.15, -0.1) is 0 Å². The Morgan fingerprint density at radius 3 is 2.56 bits per heavy atom. The van der Waals surface area contributed by atoms with Crippen LogP contribution in [0.2, 0.25) is 0 Å². The van der Waals surface area contributed by atoms with Crippen molar-refractivity contribution >= 4 is 17.6 Å². The molecule has 1 aromatic carbocycles. The van der Waals surface area contributed by atoms with Crippen molar-refractivity contribution in [2.24, 2.45) is 0 Å². The van der Waals surface area contributed by atoms with Gasteiger partial charge < -0.3 is 4.74 Å². The van der Waals surface area contributed by atoms with E-state index in [1.165, 1.54) is 6.92 Å². The highest BCUT2D eigenvalue weighted by molar-refractivity contribution is 5.96. The highest BCUT2D eigenvalue weighted by atomic mass is 16.6. The number of benzene rings is 1. The van der Waals surface area contributed by atoms with Crippen molar-refractivity contribution in [3.05, 3.63) is 29.8 Å². The van der Waals surface area contributed by atoms with Gasteiger partial charge in [-0.25, -0.2) is 4.79 Å². The number of ketones is 1. The molecule has 0 aromatic heterocycles. The molecule has 0 fully saturated rings. The molecule has 86 valence electrons. The van der Waals surface area contributed by atoms with Gasteiger partial charge in [-0.3, -0.25) is 10.1 Å². The molecule has 0 saturated heterocycles. The minimum Gasteiger partial charge on any atom is -0.447 e. The minimum absolute atomic E-state index is 0.0409. The van der Waals surface area contributed by atoms with Crippen LogP contribution in [0.4, 0.5) is 10.5 Å². The van der Waals surface area contributed by atoms with Crippen molar-refractivity contribution in [3.8, 4) is 0 Å². The zero-order valence-corrected chi connectivity index (χ0v) is 9.61. The summed E-state index contributed by atoms with van der Waals surface area (Å²) in [4.78, 5) is 22.4. The van der Waals surface area contributed by atoms with E-state index in [1.54, 1.807) is 38.1 Å². The Morgan fingerprint density at radius 2 is 2.00 bits per heavy atom. The van der Waals surface area contributed by atoms with Crippen LogP contribution in [0.15, 0.2) is 24.3 Å². The number of carbonyl (C=O) groups is 2. The number of rotatable bonds is 3. The quantitative estimate of drug-likeness (QED) is 0.798. The number of amides is 1. The summed E-state index contributed by atoms with van der Waals surface area (Å²) in [6.07, 6.45) is -0.688. The van der Waals surface area contributed by atoms with Gasteiger partial charge in [0.15, 0.2) is 5.78 Å². The summed E-state index contributed by atoms with van der Waals surface area (Å²) in [5.74, 6) is -0.0409. The van der Waals surface area contributed by atoms with Crippen LogP contribution >= 0.6 is 0 Å². The van der Waals surface area contributed by atoms with Crippen molar-refractivity contribution < 1.29 is 14.3 Å². The largest absolute Gasteiger partial charge is 0.447 e. The molecule has 0 saturated carbocycles. The van der Waals surface area contributed by atoms with Crippen LogP contribution in [-0.2, 0) is 4.74 Å². The zero-order valence-electron chi connectivity index (χ0n) is 9.61. The normalized spacial score (nSPS) is 10.0. The molecule has 1 amide bonds. The van der Waals surface area contributed by atoms with Crippen molar-refractivity contribution in [2.75, 3.05) is 5.32 Å². The Labute approximate surface area is 94.6 Å². The number of nitrogens with one attached hydrogen (secondary N) is 1. The van der Waals surface area contributed by atoms with E-state index in [2.05, 4.69) is 5.32 Å². The van der Waals surface area contributed by atoms with E-state index in [1.807, 2.05) is 0 Å². The molecule has 0 aliphatic heterocycles. The third-order valence-electron chi connectivity index (χ3n) is 1.86. The van der Waals surface area contributed by atoms with Crippen molar-refractivity contribution in [2.45, 2.75) is 26.9 Å². The van der Waals surface area contributed by atoms with Crippen LogP contribution in [0.25, 0.3) is 0 Å². The van der Waals surface area contributed by atoms with Gasteiger partial charge in [-0.2, -0.15) is 0 Å². The van der Waals surface area contributed by atoms with Crippen molar-refractivity contribution in [1.82, 2.24) is 0 Å². The van der Waals surface area contributed by atoms with Crippen LogP contribution in [0.3, 0.4) is 0 Å². The molecule has 1 rings (SSSR count). The van der Waals surface area contributed by atoms with Gasteiger partial charge in [0.2, 0.25) is 0 Å². The maximum Gasteiger partial charge on any atom is 0.411 e. The number of ether oxygens (including phenoxy) is 1. The van der Waals surface area contributed by atoms with E-state index in [4.69, 9.17) is 4.74 Å². The van der Waals surface area contributed by atoms with Crippen LogP contribution in [0.1, 0.15) is 31.1 Å². The van der Waals surface area contributed by atoms with Gasteiger partial charge in [-0.05, 0) is 32.9 Å². The monoisotopic (exact) mass is 221 g/mol. The van der Waals surface area contributed by atoms with Gasteiger partial charge in [-0.1, -0.05) is 12.1 Å². The molecular formula is C12H15NO3. The fourth-order valence-corrected chi connectivity index (χ4v) is 1.18. The maximum atomic E-state index is 11.3. The highest BCUT2D eigenvalue weighted by Crippen LogP contribution is 2.11. The number of carbonyl (C=O) groups excluding carboxylic acids is 2. The molecule has 1 N–H and O–H groups in total. The second-order valence-electron chi connectivity index (χ2n) is 3.72. The Hall–Kier alpha value is -1.84. The molecule has 0 aliphatic carbocycles. The average Bonchev–Trinajstić information content (AvgIpc) is 2.16. The summed E-state index contributed by atoms with van der Waals surface area (Å²) < 4.78 is 4.92. The Bertz CT molecular complexity index is 399. The Balaban J connectivity index is 2.70. The Kier molecular flexibility index (Phi) is 4.05. The van der Waals surface area contributed by atoms with Gasteiger partial charge in [0.05, 0.1) is 6.10 Å². The van der Waals surface area contributed by atoms with E-state index in [9.17, 15) is 9.59 Å². The summed E-state index contributed by atoms with van der Waals surface area (Å²) >= 11 is 0. The minimum atomic E-state index is -0.518. The molecule has 0 atom stereocenters. The summed E-state index contributed by atoms with van der Waals surface area (Å²) in [5.41, 5.74) is 1.11. The first-order valence-electron chi connectivity index (χ1n) is 5.07. The van der Waals surface area contributed by atoms with Crippen LogP contribution in [-0.4, -0.2) is 18.0 Å². The van der Waals surface area contributed by atoms with Crippen molar-refractivity contribution in [3.63, 3.8) is 0 Å². The fourth-order valence-electron chi connectivity index (χ4n) is 1.18. The van der Waals surface area contributed by atoms with Gasteiger partial charge in [0.1, 0.15) is 0 Å². The average molecular weight is 221 g/mol. The van der Waals surface area contributed by atoms with Gasteiger partial charge in [0, 0.05) is 11.3 Å². The second-order valence-corrected chi connectivity index (χ2v) is 3.72. The zero-order chi connectivity index (χ0) is 12.1. The molecule has 4 heteroatoms. The second kappa shape index (κ2) is 5.30. The molecule has 0 spiro atoms. The third-order valence-corrected chi connectivity index (χ3v) is 1.86. The summed E-state index contributed by atoms with van der Waals surface area (Å²) in [7, 11) is 0. The van der Waals surface area contributed by atoms with E-state index >= 15 is 0 Å². The number of anilines is 1. The van der Waals surface area contributed by atoms with E-state index in [0.717, 1.165) is 0 Å².